The molecule has 0 saturated heterocycles. The van der Waals surface area contributed by atoms with Gasteiger partial charge in [-0.2, -0.15) is 0 Å². The zero-order chi connectivity index (χ0) is 13.0. The summed E-state index contributed by atoms with van der Waals surface area (Å²) in [5, 5.41) is -0.135. The Balaban J connectivity index is 3.34. The molecule has 0 amide bonds. The molecule has 0 aliphatic carbocycles. The van der Waals surface area contributed by atoms with E-state index in [9.17, 15) is 13.6 Å². The fourth-order valence-electron chi connectivity index (χ4n) is 1.20. The van der Waals surface area contributed by atoms with Crippen LogP contribution in [0.1, 0.15) is 35.0 Å². The van der Waals surface area contributed by atoms with Crippen LogP contribution in [0.3, 0.4) is 0 Å². The first kappa shape index (κ1) is 14.1. The second-order valence-electron chi connectivity index (χ2n) is 3.01. The van der Waals surface area contributed by atoms with Crippen LogP contribution in [0.2, 0.25) is 5.02 Å². The quantitative estimate of drug-likeness (QED) is 0.626. The van der Waals surface area contributed by atoms with Gasteiger partial charge in [0.15, 0.2) is 0 Å². The molecule has 0 saturated carbocycles. The Labute approximate surface area is 107 Å². The zero-order valence-corrected chi connectivity index (χ0v) is 10.4. The van der Waals surface area contributed by atoms with Crippen molar-refractivity contribution < 1.29 is 18.3 Å². The molecule has 7 heteroatoms. The van der Waals surface area contributed by atoms with E-state index in [1.54, 1.807) is 6.92 Å². The van der Waals surface area contributed by atoms with Crippen LogP contribution in [-0.4, -0.2) is 17.6 Å². The van der Waals surface area contributed by atoms with Gasteiger partial charge >= 0.3 is 5.97 Å². The van der Waals surface area contributed by atoms with Crippen molar-refractivity contribution in [2.45, 2.75) is 19.2 Å². The minimum absolute atomic E-state index is 0.0260. The lowest BCUT2D eigenvalue weighted by Gasteiger charge is -2.11. The minimum atomic E-state index is -2.91. The van der Waals surface area contributed by atoms with Gasteiger partial charge in [-0.1, -0.05) is 11.6 Å². The minimum Gasteiger partial charge on any atom is -0.462 e. The number of hydrogen-bond donors (Lipinski definition) is 0. The molecule has 0 radical (unpaired) electrons. The molecule has 0 fully saturated rings. The second-order valence-corrected chi connectivity index (χ2v) is 3.66. The van der Waals surface area contributed by atoms with Gasteiger partial charge in [0, 0.05) is 11.8 Å². The normalized spacial score (nSPS) is 10.7. The molecule has 0 atom stereocenters. The second kappa shape index (κ2) is 6.12. The number of halogens is 4. The number of rotatable bonds is 4. The van der Waals surface area contributed by atoms with E-state index in [2.05, 4.69) is 9.72 Å². The van der Waals surface area contributed by atoms with E-state index >= 15 is 0 Å². The molecule has 1 heterocycles. The number of alkyl halides is 3. The number of hydrogen-bond acceptors (Lipinski definition) is 3. The maximum atomic E-state index is 12.7. The van der Waals surface area contributed by atoms with E-state index in [1.165, 1.54) is 0 Å². The summed E-state index contributed by atoms with van der Waals surface area (Å²) in [4.78, 5) is 15.0. The highest BCUT2D eigenvalue weighted by atomic mass is 35.5. The number of pyridine rings is 1. The van der Waals surface area contributed by atoms with Crippen molar-refractivity contribution in [2.75, 3.05) is 6.61 Å². The van der Waals surface area contributed by atoms with Crippen LogP contribution in [0.5, 0.6) is 0 Å². The summed E-state index contributed by atoms with van der Waals surface area (Å²) in [6.07, 6.45) is -1.78. The van der Waals surface area contributed by atoms with Crippen LogP contribution >= 0.6 is 23.2 Å². The molecule has 1 aromatic rings. The Hall–Kier alpha value is -0.940. The van der Waals surface area contributed by atoms with Gasteiger partial charge in [0.05, 0.1) is 17.5 Å². The largest absolute Gasteiger partial charge is 0.462 e. The smallest absolute Gasteiger partial charge is 0.341 e. The highest BCUT2D eigenvalue weighted by molar-refractivity contribution is 6.35. The Morgan fingerprint density at radius 1 is 1.59 bits per heavy atom. The molecule has 0 bridgehead atoms. The fourth-order valence-corrected chi connectivity index (χ4v) is 1.76. The third-order valence-electron chi connectivity index (χ3n) is 1.95. The number of aromatic nitrogens is 1. The first-order valence-electron chi connectivity index (χ1n) is 4.71. The lowest BCUT2D eigenvalue weighted by Crippen LogP contribution is -2.12. The third kappa shape index (κ3) is 3.04. The van der Waals surface area contributed by atoms with Gasteiger partial charge in [-0.25, -0.2) is 13.6 Å². The zero-order valence-electron chi connectivity index (χ0n) is 8.84. The maximum absolute atomic E-state index is 12.7. The van der Waals surface area contributed by atoms with Crippen molar-refractivity contribution in [3.63, 3.8) is 0 Å². The Morgan fingerprint density at radius 2 is 2.24 bits per heavy atom. The maximum Gasteiger partial charge on any atom is 0.341 e. The van der Waals surface area contributed by atoms with E-state index in [-0.39, 0.29) is 17.5 Å². The molecule has 0 aliphatic heterocycles. The lowest BCUT2D eigenvalue weighted by atomic mass is 10.1. The molecule has 94 valence electrons. The van der Waals surface area contributed by atoms with Gasteiger partial charge < -0.3 is 4.74 Å². The van der Waals surface area contributed by atoms with Crippen molar-refractivity contribution in [3.8, 4) is 0 Å². The highest BCUT2D eigenvalue weighted by Gasteiger charge is 2.25. The van der Waals surface area contributed by atoms with E-state index < -0.39 is 23.7 Å². The van der Waals surface area contributed by atoms with Crippen LogP contribution in [0.15, 0.2) is 6.20 Å². The van der Waals surface area contributed by atoms with Crippen molar-refractivity contribution >= 4 is 29.2 Å². The van der Waals surface area contributed by atoms with E-state index in [0.717, 1.165) is 6.20 Å². The number of carbonyl (C=O) groups is 1. The highest BCUT2D eigenvalue weighted by Crippen LogP contribution is 2.30. The van der Waals surface area contributed by atoms with Gasteiger partial charge in [0.1, 0.15) is 11.3 Å². The molecule has 17 heavy (non-hydrogen) atoms. The topological polar surface area (TPSA) is 39.2 Å². The van der Waals surface area contributed by atoms with Crippen molar-refractivity contribution in [1.82, 2.24) is 4.98 Å². The van der Waals surface area contributed by atoms with E-state index in [1.807, 2.05) is 0 Å². The van der Waals surface area contributed by atoms with E-state index in [4.69, 9.17) is 23.2 Å². The predicted molar refractivity (Wildman–Crippen MR) is 59.7 cm³/mol. The molecule has 0 aromatic carbocycles. The van der Waals surface area contributed by atoms with Crippen LogP contribution in [0.25, 0.3) is 0 Å². The third-order valence-corrected chi connectivity index (χ3v) is 2.67. The Morgan fingerprint density at radius 3 is 2.71 bits per heavy atom. The number of nitrogens with zero attached hydrogens (tertiary/aromatic N) is 1. The number of esters is 1. The van der Waals surface area contributed by atoms with Gasteiger partial charge in [-0.3, -0.25) is 4.98 Å². The molecular formula is C10H9Cl2F2NO2. The van der Waals surface area contributed by atoms with Crippen LogP contribution in [0.4, 0.5) is 8.78 Å². The Kier molecular flexibility index (Phi) is 5.08. The van der Waals surface area contributed by atoms with Crippen molar-refractivity contribution in [2.24, 2.45) is 0 Å². The summed E-state index contributed by atoms with van der Waals surface area (Å²) in [7, 11) is 0. The number of ether oxygens (including phenoxy) is 1. The first-order chi connectivity index (χ1) is 8.02. The molecular weight excluding hydrogens is 275 g/mol. The molecule has 0 spiro atoms. The SMILES string of the molecule is CCOC(=O)c1c(C(F)F)ncc(CCl)c1Cl. The molecule has 0 aliphatic rings. The standard InChI is InChI=1S/C10H9Cl2F2NO2/c1-2-17-10(16)6-7(12)5(3-11)4-15-8(6)9(13)14/h4,9H,2-3H2,1H3. The molecule has 1 rings (SSSR count). The summed E-state index contributed by atoms with van der Waals surface area (Å²) in [5.74, 6) is -0.950. The predicted octanol–water partition coefficient (Wildman–Crippen LogP) is 3.59. The summed E-state index contributed by atoms with van der Waals surface area (Å²) in [6, 6.07) is 0. The fraction of sp³-hybridized carbons (Fsp3) is 0.400. The van der Waals surface area contributed by atoms with Crippen LogP contribution < -0.4 is 0 Å². The summed E-state index contributed by atoms with van der Waals surface area (Å²) in [5.41, 5.74) is -0.801. The summed E-state index contributed by atoms with van der Waals surface area (Å²) in [6.45, 7) is 1.62. The number of carbonyl (C=O) groups excluding carboxylic acids is 1. The van der Waals surface area contributed by atoms with Gasteiger partial charge in [-0.05, 0) is 6.92 Å². The van der Waals surface area contributed by atoms with Crippen LogP contribution in [-0.2, 0) is 10.6 Å². The average Bonchev–Trinajstić information content (AvgIpc) is 2.28. The van der Waals surface area contributed by atoms with Gasteiger partial charge in [0.25, 0.3) is 6.43 Å². The monoisotopic (exact) mass is 283 g/mol. The van der Waals surface area contributed by atoms with Crippen molar-refractivity contribution in [1.29, 1.82) is 0 Å². The van der Waals surface area contributed by atoms with Gasteiger partial charge in [0.2, 0.25) is 0 Å². The summed E-state index contributed by atoms with van der Waals surface area (Å²) >= 11 is 11.4. The summed E-state index contributed by atoms with van der Waals surface area (Å²) < 4.78 is 30.0. The van der Waals surface area contributed by atoms with Crippen molar-refractivity contribution in [3.05, 3.63) is 28.0 Å². The lowest BCUT2D eigenvalue weighted by molar-refractivity contribution is 0.0513. The van der Waals surface area contributed by atoms with Crippen LogP contribution in [0, 0.1) is 0 Å². The molecule has 1 aromatic heterocycles. The van der Waals surface area contributed by atoms with Gasteiger partial charge in [-0.15, -0.1) is 11.6 Å². The molecule has 0 unspecified atom stereocenters. The average molecular weight is 284 g/mol. The molecule has 3 nitrogen and oxygen atoms in total. The van der Waals surface area contributed by atoms with E-state index in [0.29, 0.717) is 5.56 Å². The first-order valence-corrected chi connectivity index (χ1v) is 5.62. The molecule has 0 N–H and O–H groups in total. The Bertz CT molecular complexity index is 427.